The van der Waals surface area contributed by atoms with E-state index in [1.807, 2.05) is 60.4 Å². The van der Waals surface area contributed by atoms with Crippen LogP contribution >= 0.6 is 0 Å². The summed E-state index contributed by atoms with van der Waals surface area (Å²) in [5, 5.41) is 17.8. The van der Waals surface area contributed by atoms with Gasteiger partial charge in [-0.25, -0.2) is 0 Å². The summed E-state index contributed by atoms with van der Waals surface area (Å²) in [6.07, 6.45) is 23.3. The summed E-state index contributed by atoms with van der Waals surface area (Å²) in [6.45, 7) is 14.8. The summed E-state index contributed by atoms with van der Waals surface area (Å²) in [5.41, 5.74) is 8.08. The number of anilines is 1. The maximum atomic E-state index is 12.2. The molecule has 1 saturated carbocycles. The van der Waals surface area contributed by atoms with Crippen molar-refractivity contribution in [3.8, 4) is 0 Å². The highest BCUT2D eigenvalue weighted by Crippen LogP contribution is 2.52. The Balaban J connectivity index is 0.000000888. The smallest absolute Gasteiger partial charge is 0.425 e. The van der Waals surface area contributed by atoms with Gasteiger partial charge in [0, 0.05) is 85.3 Å². The van der Waals surface area contributed by atoms with Gasteiger partial charge in [0.2, 0.25) is 11.4 Å². The molecule has 0 aromatic heterocycles. The SMILES string of the molecule is C1CC1.CCCC1(C)C(/C=C/C=C/C=C2/N(CCCCCC(=O)O)c3ccc(S(=O)(=O)O)cc3C2(C)CCCS(=O)(=O)O)=[N+](CCCS(=O)(=O)O)c2ccccc21.CCCC1(C)C(C)=[N+](CCCCCC(=O)O)c2ccccc21.O=S(=O)=O.O=S(=O)=O.O=S(=O)=O.O=S(=O)=O. The number of unbranched alkanes of at least 4 members (excludes halogenated alkanes) is 4. The van der Waals surface area contributed by atoms with E-state index >= 15 is 0 Å². The zero-order valence-electron chi connectivity index (χ0n) is 53.6. The fraction of sp³-hybridized carbons (Fsp3) is 0.533. The molecule has 0 spiro atoms. The van der Waals surface area contributed by atoms with Crippen molar-refractivity contribution in [1.82, 2.24) is 0 Å². The second-order valence-electron chi connectivity index (χ2n) is 22.7. The molecule has 3 unspecified atom stereocenters. The van der Waals surface area contributed by atoms with Gasteiger partial charge in [-0.3, -0.25) is 23.2 Å². The minimum atomic E-state index is -4.57. The average molecular weight is 1470 g/mol. The molecule has 3 atom stereocenters. The standard InChI is InChI=1S/C38H50N2O11S3.C19H27NO2.C3H6.4O3S/c1-4-22-37(2)30-15-10-11-16-32(30)40(25-14-27-53(46,47)48)34(37)17-7-5-8-18-35-38(3,23-13-26-52(43,44)45)31-28-29(54(49,50)51)20-21-33(31)39(35)24-12-6-9-19-36(41)42;1-4-13-19(3)15(2)20(14-9-5-6-12-18(21)22)17-11-8-7-10-16(17)19;1-2-3-1;4*1-4(2)3/h5,7-8,10-11,15-18,20-21,28H,4,6,9,12-14,19,22-27H2,1-3H3,(H3-,41,42,43,44,45,46,47,48,49,50,51);7-8,10-11H,4-6,9,12-14H2,1-3H3;1-3H2;;;;/p+2. The molecule has 4 aliphatic rings. The lowest BCUT2D eigenvalue weighted by atomic mass is 9.76. The first-order valence-electron chi connectivity index (χ1n) is 30.0. The molecule has 5 N–H and O–H groups in total. The molecule has 0 saturated heterocycles. The number of rotatable bonds is 28. The van der Waals surface area contributed by atoms with E-state index in [0.717, 1.165) is 61.3 Å². The molecule has 1 fully saturated rings. The Kier molecular flexibility index (Phi) is 37.5. The van der Waals surface area contributed by atoms with Crippen LogP contribution in [0.5, 0.6) is 0 Å². The minimum absolute atomic E-state index is 0.0266. The molecule has 28 nitrogen and oxygen atoms in total. The molecule has 3 aromatic rings. The summed E-state index contributed by atoms with van der Waals surface area (Å²) in [4.78, 5) is 23.4. The zero-order chi connectivity index (χ0) is 72.5. The molecule has 1 aliphatic carbocycles. The maximum Gasteiger partial charge on any atom is 0.425 e. The van der Waals surface area contributed by atoms with Gasteiger partial charge in [0.15, 0.2) is 11.4 Å². The second-order valence-corrected chi connectivity index (χ2v) is 28.9. The van der Waals surface area contributed by atoms with E-state index < -0.39 is 95.9 Å². The normalized spacial score (nSPS) is 18.5. The highest BCUT2D eigenvalue weighted by Gasteiger charge is 2.48. The van der Waals surface area contributed by atoms with Crippen molar-refractivity contribution in [2.75, 3.05) is 36.0 Å². The Hall–Kier alpha value is -6.83. The molecular formula is C60H85N3O25S7+2. The van der Waals surface area contributed by atoms with E-state index in [1.54, 1.807) is 6.07 Å². The Labute approximate surface area is 561 Å². The van der Waals surface area contributed by atoms with Crippen molar-refractivity contribution in [3.05, 3.63) is 119 Å². The number of carboxylic acids is 2. The lowest BCUT2D eigenvalue weighted by molar-refractivity contribution is -0.439. The molecule has 530 valence electrons. The lowest BCUT2D eigenvalue weighted by Gasteiger charge is -2.30. The summed E-state index contributed by atoms with van der Waals surface area (Å²) in [7, 11) is -25.4. The molecule has 3 aromatic carbocycles. The number of fused-ring (bicyclic) bond motifs is 3. The number of aliphatic carboxylic acids is 2. The summed E-state index contributed by atoms with van der Waals surface area (Å²) < 4.78 is 205. The van der Waals surface area contributed by atoms with Crippen LogP contribution in [0.4, 0.5) is 17.1 Å². The molecule has 35 heteroatoms. The second kappa shape index (κ2) is 41.3. The number of carboxylic acid groups (broad SMARTS) is 2. The Morgan fingerprint density at radius 3 is 1.43 bits per heavy atom. The van der Waals surface area contributed by atoms with Crippen LogP contribution in [0.25, 0.3) is 0 Å². The Morgan fingerprint density at radius 2 is 0.968 bits per heavy atom. The predicted octanol–water partition coefficient (Wildman–Crippen LogP) is 8.12. The van der Waals surface area contributed by atoms with Gasteiger partial charge in [-0.05, 0) is 102 Å². The quantitative estimate of drug-likeness (QED) is 0.0198. The van der Waals surface area contributed by atoms with Crippen LogP contribution in [-0.4, -0.2) is 163 Å². The van der Waals surface area contributed by atoms with Gasteiger partial charge in [-0.15, -0.1) is 50.5 Å². The molecule has 0 amide bonds. The number of carbonyl (C=O) groups is 2. The van der Waals surface area contributed by atoms with E-state index in [-0.39, 0.29) is 53.6 Å². The topological polar surface area (TPSA) is 452 Å². The van der Waals surface area contributed by atoms with E-state index in [2.05, 4.69) is 74.1 Å². The summed E-state index contributed by atoms with van der Waals surface area (Å²) in [5.74, 6) is -2.45. The van der Waals surface area contributed by atoms with Crippen molar-refractivity contribution in [2.45, 2.75) is 178 Å². The number of allylic oxidation sites excluding steroid dienone is 6. The van der Waals surface area contributed by atoms with Crippen LogP contribution < -0.4 is 4.90 Å². The molecule has 95 heavy (non-hydrogen) atoms. The van der Waals surface area contributed by atoms with Crippen LogP contribution in [0.2, 0.25) is 0 Å². The third-order valence-electron chi connectivity index (χ3n) is 15.6. The fourth-order valence-corrected chi connectivity index (χ4v) is 13.0. The molecule has 0 bridgehead atoms. The van der Waals surface area contributed by atoms with Crippen molar-refractivity contribution < 1.29 is 118 Å². The third kappa shape index (κ3) is 31.3. The monoisotopic (exact) mass is 1470 g/mol. The lowest BCUT2D eigenvalue weighted by Crippen LogP contribution is -2.31. The van der Waals surface area contributed by atoms with Gasteiger partial charge >= 0.3 is 54.4 Å². The third-order valence-corrected chi connectivity index (χ3v) is 18.1. The Morgan fingerprint density at radius 1 is 0.526 bits per heavy atom. The van der Waals surface area contributed by atoms with Crippen molar-refractivity contribution >= 4 is 113 Å². The van der Waals surface area contributed by atoms with Gasteiger partial charge in [-0.1, -0.05) is 107 Å². The molecular weight excluding hydrogens is 1390 g/mol. The van der Waals surface area contributed by atoms with Crippen molar-refractivity contribution in [2.24, 2.45) is 0 Å². The Bertz CT molecular complexity index is 3990. The first-order valence-corrected chi connectivity index (χ1v) is 38.6. The number of nitrogens with zero attached hydrogens (tertiary/aromatic N) is 3. The minimum Gasteiger partial charge on any atom is -0.481 e. The summed E-state index contributed by atoms with van der Waals surface area (Å²) in [6, 6.07) is 21.0. The number of para-hydroxylation sites is 2. The van der Waals surface area contributed by atoms with Crippen LogP contribution in [0.15, 0.2) is 108 Å². The molecule has 3 aliphatic heterocycles. The van der Waals surface area contributed by atoms with Gasteiger partial charge in [-0.2, -0.15) is 34.4 Å². The van der Waals surface area contributed by atoms with E-state index in [9.17, 15) is 48.5 Å². The van der Waals surface area contributed by atoms with Gasteiger partial charge in [0.25, 0.3) is 30.4 Å². The molecule has 3 heterocycles. The number of hydrogen-bond acceptors (Lipinski definition) is 21. The van der Waals surface area contributed by atoms with Crippen LogP contribution in [0.3, 0.4) is 0 Å². The van der Waals surface area contributed by atoms with Crippen molar-refractivity contribution in [1.29, 1.82) is 0 Å². The predicted molar refractivity (Wildman–Crippen MR) is 352 cm³/mol. The van der Waals surface area contributed by atoms with E-state index in [4.69, 9.17) is 60.7 Å². The molecule has 7 rings (SSSR count). The van der Waals surface area contributed by atoms with Crippen molar-refractivity contribution in [3.63, 3.8) is 0 Å². The van der Waals surface area contributed by atoms with Crippen LogP contribution in [0.1, 0.15) is 174 Å². The molecule has 0 radical (unpaired) electrons. The highest BCUT2D eigenvalue weighted by atomic mass is 32.2. The van der Waals surface area contributed by atoms with Crippen LogP contribution in [-0.2, 0) is 98.6 Å². The largest absolute Gasteiger partial charge is 0.481 e. The highest BCUT2D eigenvalue weighted by molar-refractivity contribution is 7.86. The average Bonchev–Trinajstić information content (AvgIpc) is 1.61. The van der Waals surface area contributed by atoms with Gasteiger partial charge < -0.3 is 15.1 Å². The van der Waals surface area contributed by atoms with Gasteiger partial charge in [0.05, 0.1) is 27.2 Å². The zero-order valence-corrected chi connectivity index (χ0v) is 59.3. The van der Waals surface area contributed by atoms with E-state index in [0.29, 0.717) is 43.6 Å². The summed E-state index contributed by atoms with van der Waals surface area (Å²) >= 11 is 0. The fourth-order valence-electron chi connectivity index (χ4n) is 11.5. The van der Waals surface area contributed by atoms with E-state index in [1.165, 1.54) is 61.2 Å². The maximum absolute atomic E-state index is 12.2. The first-order chi connectivity index (χ1) is 44.1. The number of hydrogen-bond donors (Lipinski definition) is 5. The first kappa shape index (κ1) is 86.2. The van der Waals surface area contributed by atoms with Crippen LogP contribution in [0, 0.1) is 0 Å². The number of benzene rings is 3. The van der Waals surface area contributed by atoms with Gasteiger partial charge in [0.1, 0.15) is 13.1 Å².